The van der Waals surface area contributed by atoms with Crippen molar-refractivity contribution in [3.05, 3.63) is 45.8 Å². The summed E-state index contributed by atoms with van der Waals surface area (Å²) in [5.41, 5.74) is 5.30. The summed E-state index contributed by atoms with van der Waals surface area (Å²) in [6.07, 6.45) is 3.07. The van der Waals surface area contributed by atoms with Crippen LogP contribution in [0.25, 0.3) is 6.08 Å². The van der Waals surface area contributed by atoms with Crippen molar-refractivity contribution >= 4 is 11.8 Å². The van der Waals surface area contributed by atoms with Crippen molar-refractivity contribution in [3.8, 4) is 0 Å². The lowest BCUT2D eigenvalue weighted by atomic mass is 10.1. The second-order valence-corrected chi connectivity index (χ2v) is 2.60. The summed E-state index contributed by atoms with van der Waals surface area (Å²) in [6, 6.07) is 3.40. The van der Waals surface area contributed by atoms with E-state index in [1.54, 1.807) is 6.08 Å². The molecule has 74 valence electrons. The molecule has 1 rings (SSSR count). The van der Waals surface area contributed by atoms with E-state index in [0.29, 0.717) is 5.56 Å². The minimum absolute atomic E-state index is 0.255. The van der Waals surface area contributed by atoms with Gasteiger partial charge in [-0.2, -0.15) is 0 Å². The van der Waals surface area contributed by atoms with Gasteiger partial charge in [-0.15, -0.1) is 0 Å². The predicted octanol–water partition coefficient (Wildman–Crippen LogP) is 1.71. The molecule has 4 nitrogen and oxygen atoms in total. The monoisotopic (exact) mass is 196 g/mol. The van der Waals surface area contributed by atoms with Crippen LogP contribution in [-0.2, 0) is 0 Å². The van der Waals surface area contributed by atoms with Crippen LogP contribution in [0.3, 0.4) is 0 Å². The van der Waals surface area contributed by atoms with Crippen LogP contribution < -0.4 is 5.73 Å². The lowest BCUT2D eigenvalue weighted by molar-refractivity contribution is -0.385. The van der Waals surface area contributed by atoms with E-state index in [9.17, 15) is 14.5 Å². The summed E-state index contributed by atoms with van der Waals surface area (Å²) in [4.78, 5) is 9.89. The van der Waals surface area contributed by atoms with Crippen LogP contribution in [0.2, 0.25) is 0 Å². The van der Waals surface area contributed by atoms with Gasteiger partial charge in [-0.1, -0.05) is 12.2 Å². The van der Waals surface area contributed by atoms with Gasteiger partial charge in [-0.05, 0) is 12.1 Å². The third-order valence-corrected chi connectivity index (χ3v) is 1.62. The first-order chi connectivity index (χ1) is 6.65. The number of hydrogen-bond acceptors (Lipinski definition) is 3. The van der Waals surface area contributed by atoms with Gasteiger partial charge in [-0.3, -0.25) is 10.1 Å². The smallest absolute Gasteiger partial charge is 0.279 e. The highest BCUT2D eigenvalue weighted by atomic mass is 19.1. The standard InChI is InChI=1S/C9H9FN2O2/c10-8-4-3-7(2-1-5-11)9(6-8)12(13)14/h1-4,6H,5,11H2. The van der Waals surface area contributed by atoms with Crippen molar-refractivity contribution in [1.82, 2.24) is 0 Å². The third-order valence-electron chi connectivity index (χ3n) is 1.62. The third kappa shape index (κ3) is 2.37. The minimum Gasteiger partial charge on any atom is -0.327 e. The molecule has 0 aliphatic carbocycles. The van der Waals surface area contributed by atoms with Crippen molar-refractivity contribution in [2.75, 3.05) is 6.54 Å². The quantitative estimate of drug-likeness (QED) is 0.591. The largest absolute Gasteiger partial charge is 0.327 e. The summed E-state index contributed by atoms with van der Waals surface area (Å²) in [7, 11) is 0. The number of halogens is 1. The van der Waals surface area contributed by atoms with Gasteiger partial charge in [0.25, 0.3) is 5.69 Å². The molecule has 14 heavy (non-hydrogen) atoms. The zero-order valence-corrected chi connectivity index (χ0v) is 7.31. The molecule has 0 spiro atoms. The van der Waals surface area contributed by atoms with Crippen molar-refractivity contribution in [1.29, 1.82) is 0 Å². The van der Waals surface area contributed by atoms with Crippen molar-refractivity contribution in [3.63, 3.8) is 0 Å². The Labute approximate surface area is 80.0 Å². The van der Waals surface area contributed by atoms with E-state index in [0.717, 1.165) is 6.07 Å². The van der Waals surface area contributed by atoms with Crippen molar-refractivity contribution in [2.45, 2.75) is 0 Å². The normalized spacial score (nSPS) is 10.7. The van der Waals surface area contributed by atoms with Gasteiger partial charge >= 0.3 is 0 Å². The van der Waals surface area contributed by atoms with Crippen molar-refractivity contribution in [2.24, 2.45) is 5.73 Å². The van der Waals surface area contributed by atoms with Crippen LogP contribution in [0.15, 0.2) is 24.3 Å². The van der Waals surface area contributed by atoms with E-state index >= 15 is 0 Å². The lowest BCUT2D eigenvalue weighted by Gasteiger charge is -1.96. The average molecular weight is 196 g/mol. The molecular formula is C9H9FN2O2. The van der Waals surface area contributed by atoms with Crippen LogP contribution in [-0.4, -0.2) is 11.5 Å². The van der Waals surface area contributed by atoms with Gasteiger partial charge < -0.3 is 5.73 Å². The summed E-state index contributed by atoms with van der Waals surface area (Å²) < 4.78 is 12.7. The molecule has 0 unspecified atom stereocenters. The van der Waals surface area contributed by atoms with E-state index in [1.807, 2.05) is 0 Å². The molecule has 0 saturated heterocycles. The first-order valence-corrected chi connectivity index (χ1v) is 3.95. The first kappa shape index (κ1) is 10.3. The van der Waals surface area contributed by atoms with Gasteiger partial charge in [0.05, 0.1) is 16.6 Å². The SMILES string of the molecule is NCC=Cc1ccc(F)cc1[N+](=O)[O-]. The molecule has 1 aromatic carbocycles. The molecule has 0 fully saturated rings. The highest BCUT2D eigenvalue weighted by molar-refractivity contribution is 5.60. The summed E-state index contributed by atoms with van der Waals surface area (Å²) in [5, 5.41) is 10.5. The molecule has 0 saturated carbocycles. The summed E-state index contributed by atoms with van der Waals surface area (Å²) >= 11 is 0. The predicted molar refractivity (Wildman–Crippen MR) is 51.1 cm³/mol. The molecule has 0 amide bonds. The Balaban J connectivity index is 3.15. The molecule has 0 aliphatic rings. The van der Waals surface area contributed by atoms with Crippen LogP contribution >= 0.6 is 0 Å². The second-order valence-electron chi connectivity index (χ2n) is 2.60. The maximum atomic E-state index is 12.7. The van der Waals surface area contributed by atoms with Crippen molar-refractivity contribution < 1.29 is 9.31 Å². The van der Waals surface area contributed by atoms with Crippen LogP contribution in [0, 0.1) is 15.9 Å². The van der Waals surface area contributed by atoms with Gasteiger partial charge in [-0.25, -0.2) is 4.39 Å². The Hall–Kier alpha value is -1.75. The second kappa shape index (κ2) is 4.48. The van der Waals surface area contributed by atoms with Crippen LogP contribution in [0.5, 0.6) is 0 Å². The number of nitro groups is 1. The fraction of sp³-hybridized carbons (Fsp3) is 0.111. The molecule has 0 aromatic heterocycles. The zero-order valence-electron chi connectivity index (χ0n) is 7.31. The Kier molecular flexibility index (Phi) is 3.30. The lowest BCUT2D eigenvalue weighted by Crippen LogP contribution is -1.95. The number of nitrogens with zero attached hydrogens (tertiary/aromatic N) is 1. The number of rotatable bonds is 3. The highest BCUT2D eigenvalue weighted by Gasteiger charge is 2.11. The van der Waals surface area contributed by atoms with Gasteiger partial charge in [0.15, 0.2) is 0 Å². The Morgan fingerprint density at radius 3 is 2.86 bits per heavy atom. The fourth-order valence-corrected chi connectivity index (χ4v) is 1.01. The summed E-state index contributed by atoms with van der Waals surface area (Å²) in [5.74, 6) is -0.624. The average Bonchev–Trinajstić information content (AvgIpc) is 2.15. The Bertz CT molecular complexity index is 377. The summed E-state index contributed by atoms with van der Waals surface area (Å²) in [6.45, 7) is 0.286. The van der Waals surface area contributed by atoms with Crippen LogP contribution in [0.4, 0.5) is 10.1 Å². The van der Waals surface area contributed by atoms with Gasteiger partial charge in [0, 0.05) is 6.54 Å². The molecule has 0 heterocycles. The molecule has 2 N–H and O–H groups in total. The van der Waals surface area contributed by atoms with E-state index in [1.165, 1.54) is 18.2 Å². The molecule has 1 aromatic rings. The molecule has 0 bridgehead atoms. The van der Waals surface area contributed by atoms with E-state index in [4.69, 9.17) is 5.73 Å². The fourth-order valence-electron chi connectivity index (χ4n) is 1.01. The molecule has 0 atom stereocenters. The minimum atomic E-state index is -0.626. The Morgan fingerprint density at radius 2 is 2.29 bits per heavy atom. The number of nitro benzene ring substituents is 1. The highest BCUT2D eigenvalue weighted by Crippen LogP contribution is 2.20. The molecule has 0 radical (unpaired) electrons. The van der Waals surface area contributed by atoms with Gasteiger partial charge in [0.2, 0.25) is 0 Å². The Morgan fingerprint density at radius 1 is 1.57 bits per heavy atom. The topological polar surface area (TPSA) is 69.2 Å². The maximum Gasteiger partial charge on any atom is 0.279 e. The molecular weight excluding hydrogens is 187 g/mol. The van der Waals surface area contributed by atoms with Crippen LogP contribution in [0.1, 0.15) is 5.56 Å². The van der Waals surface area contributed by atoms with Gasteiger partial charge in [0.1, 0.15) is 5.82 Å². The number of hydrogen-bond donors (Lipinski definition) is 1. The van der Waals surface area contributed by atoms with E-state index in [2.05, 4.69) is 0 Å². The zero-order chi connectivity index (χ0) is 10.6. The first-order valence-electron chi connectivity index (χ1n) is 3.95. The molecule has 0 aliphatic heterocycles. The number of nitrogens with two attached hydrogens (primary N) is 1. The molecule has 5 heteroatoms. The number of benzene rings is 1. The van der Waals surface area contributed by atoms with E-state index in [-0.39, 0.29) is 12.2 Å². The van der Waals surface area contributed by atoms with E-state index < -0.39 is 10.7 Å². The maximum absolute atomic E-state index is 12.7.